The van der Waals surface area contributed by atoms with Gasteiger partial charge in [0.2, 0.25) is 0 Å². The second-order valence-corrected chi connectivity index (χ2v) is 9.05. The molecule has 1 saturated heterocycles. The zero-order chi connectivity index (χ0) is 23.6. The topological polar surface area (TPSA) is 114 Å². The maximum atomic E-state index is 13.7. The summed E-state index contributed by atoms with van der Waals surface area (Å²) in [4.78, 5) is 38.3. The number of halogens is 1. The summed E-state index contributed by atoms with van der Waals surface area (Å²) in [6.45, 7) is 7.19. The monoisotopic (exact) mass is 455 g/mol. The predicted molar refractivity (Wildman–Crippen MR) is 121 cm³/mol. The number of nitrogens with one attached hydrogen (secondary N) is 1. The zero-order valence-corrected chi connectivity index (χ0v) is 18.8. The lowest BCUT2D eigenvalue weighted by molar-refractivity contribution is 0.0172. The van der Waals surface area contributed by atoms with Crippen molar-refractivity contribution in [2.45, 2.75) is 39.2 Å². The van der Waals surface area contributed by atoms with E-state index in [1.54, 1.807) is 21.6 Å². The number of nitrogens with zero attached hydrogens (tertiary/aromatic N) is 6. The van der Waals surface area contributed by atoms with Crippen LogP contribution in [-0.4, -0.2) is 55.6 Å². The highest BCUT2D eigenvalue weighted by molar-refractivity contribution is 5.68. The molecule has 1 aliphatic rings. The molecule has 1 aliphatic heterocycles. The van der Waals surface area contributed by atoms with Gasteiger partial charge in [-0.25, -0.2) is 24.1 Å². The van der Waals surface area contributed by atoms with Crippen LogP contribution in [0.3, 0.4) is 0 Å². The number of rotatable bonds is 5. The van der Waals surface area contributed by atoms with E-state index in [4.69, 9.17) is 4.74 Å². The first-order chi connectivity index (χ1) is 15.7. The van der Waals surface area contributed by atoms with Crippen LogP contribution in [0.1, 0.15) is 33.6 Å². The van der Waals surface area contributed by atoms with Crippen molar-refractivity contribution in [3.63, 3.8) is 0 Å². The van der Waals surface area contributed by atoms with E-state index in [0.717, 1.165) is 12.8 Å². The maximum absolute atomic E-state index is 13.7. The summed E-state index contributed by atoms with van der Waals surface area (Å²) in [6.07, 6.45) is 5.61. The Morgan fingerprint density at radius 2 is 2.12 bits per heavy atom. The van der Waals surface area contributed by atoms with Gasteiger partial charge in [-0.3, -0.25) is 4.40 Å². The number of anilines is 1. The molecule has 1 N–H and O–H groups in total. The van der Waals surface area contributed by atoms with E-state index in [9.17, 15) is 14.1 Å². The number of hydrogen-bond acceptors (Lipinski definition) is 8. The Kier molecular flexibility index (Phi) is 6.21. The van der Waals surface area contributed by atoms with E-state index in [1.165, 1.54) is 18.5 Å². The first kappa shape index (κ1) is 22.6. The van der Waals surface area contributed by atoms with Gasteiger partial charge in [-0.1, -0.05) is 0 Å². The largest absolute Gasteiger partial charge is 0.444 e. The molecule has 33 heavy (non-hydrogen) atoms. The highest BCUT2D eigenvalue weighted by atomic mass is 19.1. The average molecular weight is 455 g/mol. The molecule has 0 aromatic carbocycles. The van der Waals surface area contributed by atoms with Gasteiger partial charge in [-0.15, -0.1) is 4.91 Å². The zero-order valence-electron chi connectivity index (χ0n) is 18.8. The number of carbonyl (C=O) groups excluding carboxylic acids is 1. The Morgan fingerprint density at radius 1 is 1.30 bits per heavy atom. The Bertz CT molecular complexity index is 1170. The second kappa shape index (κ2) is 9.08. The molecule has 4 rings (SSSR count). The van der Waals surface area contributed by atoms with Crippen LogP contribution in [0.5, 0.6) is 0 Å². The predicted octanol–water partition coefficient (Wildman–Crippen LogP) is 4.39. The minimum Gasteiger partial charge on any atom is -0.444 e. The fraction of sp³-hybridized carbons (Fsp3) is 0.455. The second-order valence-electron chi connectivity index (χ2n) is 9.05. The van der Waals surface area contributed by atoms with Gasteiger partial charge in [-0.2, -0.15) is 0 Å². The fourth-order valence-corrected chi connectivity index (χ4v) is 3.78. The Labute approximate surface area is 190 Å². The molecule has 3 aromatic rings. The molecule has 3 aromatic heterocycles. The molecule has 10 nitrogen and oxygen atoms in total. The number of carbonyl (C=O) groups is 1. The summed E-state index contributed by atoms with van der Waals surface area (Å²) < 4.78 is 20.7. The molecule has 0 radical (unpaired) electrons. The van der Waals surface area contributed by atoms with Gasteiger partial charge in [-0.05, 0) is 56.8 Å². The third kappa shape index (κ3) is 5.24. The molecule has 0 saturated carbocycles. The Hall–Kier alpha value is -3.63. The molecule has 1 atom stereocenters. The molecular formula is C22H26FN7O3. The number of amides is 1. The van der Waals surface area contributed by atoms with Crippen LogP contribution in [0.2, 0.25) is 0 Å². The van der Waals surface area contributed by atoms with Gasteiger partial charge in [0.05, 0.1) is 12.4 Å². The lowest BCUT2D eigenvalue weighted by Crippen LogP contribution is -2.44. The molecular weight excluding hydrogens is 429 g/mol. The van der Waals surface area contributed by atoms with Crippen molar-refractivity contribution in [3.8, 4) is 11.5 Å². The van der Waals surface area contributed by atoms with Crippen LogP contribution in [0.4, 0.5) is 20.7 Å². The number of likely N-dealkylation sites (tertiary alicyclic amines) is 1. The van der Waals surface area contributed by atoms with E-state index in [-0.39, 0.29) is 29.3 Å². The van der Waals surface area contributed by atoms with Crippen molar-refractivity contribution in [1.82, 2.24) is 24.3 Å². The summed E-state index contributed by atoms with van der Waals surface area (Å²) in [6, 6.07) is 2.88. The minimum absolute atomic E-state index is 0.0681. The normalized spacial score (nSPS) is 16.6. The highest BCUT2D eigenvalue weighted by Crippen LogP contribution is 2.27. The number of aromatic nitrogens is 4. The van der Waals surface area contributed by atoms with Gasteiger partial charge in [0, 0.05) is 25.8 Å². The van der Waals surface area contributed by atoms with Gasteiger partial charge < -0.3 is 15.0 Å². The molecule has 11 heteroatoms. The number of imidazole rings is 1. The van der Waals surface area contributed by atoms with Crippen LogP contribution < -0.4 is 5.32 Å². The van der Waals surface area contributed by atoms with Crippen molar-refractivity contribution < 1.29 is 13.9 Å². The fourth-order valence-electron chi connectivity index (χ4n) is 3.78. The number of ether oxygens (including phenoxy) is 1. The SMILES string of the molecule is CC(C)(C)OC(=O)N1CCC[C@H](CNc2nc(-c3cnc4ccc(F)cn34)ncc2N=O)C1. The maximum Gasteiger partial charge on any atom is 0.410 e. The van der Waals surface area contributed by atoms with Crippen molar-refractivity contribution >= 4 is 23.2 Å². The summed E-state index contributed by atoms with van der Waals surface area (Å²) in [5, 5.41) is 6.19. The van der Waals surface area contributed by atoms with Crippen LogP contribution in [0.25, 0.3) is 17.2 Å². The average Bonchev–Trinajstić information content (AvgIpc) is 3.19. The molecule has 0 unspecified atom stereocenters. The lowest BCUT2D eigenvalue weighted by atomic mass is 9.98. The quantitative estimate of drug-likeness (QED) is 0.568. The van der Waals surface area contributed by atoms with Crippen LogP contribution >= 0.6 is 0 Å². The van der Waals surface area contributed by atoms with Crippen LogP contribution in [0.15, 0.2) is 35.9 Å². The number of pyridine rings is 1. The number of nitroso groups, excluding NO2 is 1. The molecule has 0 aliphatic carbocycles. The van der Waals surface area contributed by atoms with Crippen molar-refractivity contribution in [3.05, 3.63) is 41.4 Å². The molecule has 1 fully saturated rings. The molecule has 0 bridgehead atoms. The first-order valence-corrected chi connectivity index (χ1v) is 10.8. The summed E-state index contributed by atoms with van der Waals surface area (Å²) in [5.74, 6) is 0.282. The van der Waals surface area contributed by atoms with E-state index in [0.29, 0.717) is 31.0 Å². The molecule has 0 spiro atoms. The number of hydrogen-bond donors (Lipinski definition) is 1. The Morgan fingerprint density at radius 3 is 2.88 bits per heavy atom. The molecule has 174 valence electrons. The molecule has 1 amide bonds. The van der Waals surface area contributed by atoms with E-state index in [2.05, 4.69) is 25.4 Å². The smallest absolute Gasteiger partial charge is 0.410 e. The minimum atomic E-state index is -0.551. The first-order valence-electron chi connectivity index (χ1n) is 10.8. The Balaban J connectivity index is 1.49. The van der Waals surface area contributed by atoms with E-state index >= 15 is 0 Å². The lowest BCUT2D eigenvalue weighted by Gasteiger charge is -2.34. The third-order valence-corrected chi connectivity index (χ3v) is 5.30. The van der Waals surface area contributed by atoms with Crippen LogP contribution in [-0.2, 0) is 4.74 Å². The van der Waals surface area contributed by atoms with Gasteiger partial charge in [0.15, 0.2) is 17.3 Å². The summed E-state index contributed by atoms with van der Waals surface area (Å²) >= 11 is 0. The van der Waals surface area contributed by atoms with Gasteiger partial charge >= 0.3 is 6.09 Å². The van der Waals surface area contributed by atoms with E-state index < -0.39 is 11.4 Å². The summed E-state index contributed by atoms with van der Waals surface area (Å²) in [5.41, 5.74) is 0.550. The van der Waals surface area contributed by atoms with Crippen molar-refractivity contribution in [2.24, 2.45) is 11.1 Å². The number of fused-ring (bicyclic) bond motifs is 1. The van der Waals surface area contributed by atoms with Crippen LogP contribution in [0, 0.1) is 16.6 Å². The highest BCUT2D eigenvalue weighted by Gasteiger charge is 2.28. The third-order valence-electron chi connectivity index (χ3n) is 5.30. The standard InChI is InChI=1S/C22H26FN7O3/c1-22(2,3)33-21(31)29-8-4-5-14(12-29)9-25-19-16(28-32)10-26-20(27-19)17-11-24-18-7-6-15(23)13-30(17)18/h6-7,10-11,13-14H,4-5,8-9,12H2,1-3H3,(H,25,26,27)/t14-/m1/s1. The van der Waals surface area contributed by atoms with Crippen molar-refractivity contribution in [1.29, 1.82) is 0 Å². The van der Waals surface area contributed by atoms with Gasteiger partial charge in [0.1, 0.15) is 22.8 Å². The number of piperidine rings is 1. The summed E-state index contributed by atoms with van der Waals surface area (Å²) in [7, 11) is 0. The molecule has 4 heterocycles. The van der Waals surface area contributed by atoms with Gasteiger partial charge in [0.25, 0.3) is 0 Å². The van der Waals surface area contributed by atoms with Crippen molar-refractivity contribution in [2.75, 3.05) is 25.0 Å². The van der Waals surface area contributed by atoms with E-state index in [1.807, 2.05) is 20.8 Å².